The van der Waals surface area contributed by atoms with Crippen LogP contribution in [0.15, 0.2) is 36.1 Å². The molecule has 2 heterocycles. The molecule has 1 aliphatic rings. The SMILES string of the molecule is O=C(Nc1nccs1)C1=COC=CO1. The molecule has 1 amide bonds. The minimum Gasteiger partial charge on any atom is -0.465 e. The zero-order valence-corrected chi connectivity index (χ0v) is 7.78. The maximum Gasteiger partial charge on any atom is 0.296 e. The number of carbonyl (C=O) groups is 1. The number of nitrogens with one attached hydrogen (secondary N) is 1. The predicted molar refractivity (Wildman–Crippen MR) is 50.1 cm³/mol. The lowest BCUT2D eigenvalue weighted by atomic mass is 10.5. The van der Waals surface area contributed by atoms with Crippen LogP contribution in [-0.4, -0.2) is 10.9 Å². The summed E-state index contributed by atoms with van der Waals surface area (Å²) in [7, 11) is 0. The number of anilines is 1. The Balaban J connectivity index is 1.99. The van der Waals surface area contributed by atoms with Gasteiger partial charge in [0.15, 0.2) is 5.13 Å². The average molecular weight is 210 g/mol. The third-order valence-corrected chi connectivity index (χ3v) is 2.07. The Kier molecular flexibility index (Phi) is 2.46. The molecule has 0 atom stereocenters. The van der Waals surface area contributed by atoms with Crippen molar-refractivity contribution in [3.63, 3.8) is 0 Å². The van der Waals surface area contributed by atoms with Crippen molar-refractivity contribution in [1.82, 2.24) is 4.98 Å². The van der Waals surface area contributed by atoms with Gasteiger partial charge in [-0.2, -0.15) is 0 Å². The van der Waals surface area contributed by atoms with Gasteiger partial charge in [-0.3, -0.25) is 10.1 Å². The fourth-order valence-electron chi connectivity index (χ4n) is 0.813. The molecular formula is C8H6N2O3S. The van der Waals surface area contributed by atoms with Crippen LogP contribution in [0.1, 0.15) is 0 Å². The fraction of sp³-hybridized carbons (Fsp3) is 0. The van der Waals surface area contributed by atoms with Crippen molar-refractivity contribution in [1.29, 1.82) is 0 Å². The zero-order valence-electron chi connectivity index (χ0n) is 6.97. The molecule has 0 unspecified atom stereocenters. The van der Waals surface area contributed by atoms with Gasteiger partial charge in [0.1, 0.15) is 18.8 Å². The summed E-state index contributed by atoms with van der Waals surface area (Å²) >= 11 is 1.33. The van der Waals surface area contributed by atoms with Crippen molar-refractivity contribution in [2.24, 2.45) is 0 Å². The first-order valence-corrected chi connectivity index (χ1v) is 4.62. The van der Waals surface area contributed by atoms with E-state index < -0.39 is 0 Å². The monoisotopic (exact) mass is 210 g/mol. The number of hydrogen-bond acceptors (Lipinski definition) is 5. The van der Waals surface area contributed by atoms with E-state index in [4.69, 9.17) is 9.47 Å². The molecule has 0 saturated carbocycles. The summed E-state index contributed by atoms with van der Waals surface area (Å²) in [4.78, 5) is 15.3. The summed E-state index contributed by atoms with van der Waals surface area (Å²) in [5, 5.41) is 4.84. The number of carbonyl (C=O) groups excluding carboxylic acids is 1. The highest BCUT2D eigenvalue weighted by Crippen LogP contribution is 2.13. The second-order valence-corrected chi connectivity index (χ2v) is 3.19. The standard InChI is InChI=1S/C8H6N2O3S/c11-7(6-5-12-2-3-13-6)10-8-9-1-4-14-8/h1-5H,(H,9,10,11). The number of rotatable bonds is 2. The van der Waals surface area contributed by atoms with E-state index in [0.717, 1.165) is 0 Å². The van der Waals surface area contributed by atoms with Gasteiger partial charge in [-0.15, -0.1) is 11.3 Å². The van der Waals surface area contributed by atoms with Crippen LogP contribution in [0.3, 0.4) is 0 Å². The van der Waals surface area contributed by atoms with Crippen molar-refractivity contribution in [3.05, 3.63) is 36.1 Å². The number of aromatic nitrogens is 1. The summed E-state index contributed by atoms with van der Waals surface area (Å²) in [6, 6.07) is 0. The van der Waals surface area contributed by atoms with Crippen LogP contribution in [-0.2, 0) is 14.3 Å². The number of ether oxygens (including phenoxy) is 2. The summed E-state index contributed by atoms with van der Waals surface area (Å²) in [5.41, 5.74) is 0. The van der Waals surface area contributed by atoms with E-state index >= 15 is 0 Å². The molecule has 14 heavy (non-hydrogen) atoms. The van der Waals surface area contributed by atoms with Crippen LogP contribution in [0.2, 0.25) is 0 Å². The van der Waals surface area contributed by atoms with Crippen molar-refractivity contribution in [2.45, 2.75) is 0 Å². The molecule has 0 aliphatic carbocycles. The van der Waals surface area contributed by atoms with E-state index in [1.807, 2.05) is 0 Å². The van der Waals surface area contributed by atoms with Gasteiger partial charge in [0.25, 0.3) is 5.91 Å². The quantitative estimate of drug-likeness (QED) is 0.802. The molecule has 2 rings (SSSR count). The highest BCUT2D eigenvalue weighted by atomic mass is 32.1. The Morgan fingerprint density at radius 1 is 1.50 bits per heavy atom. The highest BCUT2D eigenvalue weighted by Gasteiger charge is 2.13. The van der Waals surface area contributed by atoms with E-state index in [1.54, 1.807) is 11.6 Å². The van der Waals surface area contributed by atoms with Crippen LogP contribution < -0.4 is 5.32 Å². The van der Waals surface area contributed by atoms with Crippen molar-refractivity contribution in [3.8, 4) is 0 Å². The van der Waals surface area contributed by atoms with E-state index in [9.17, 15) is 4.79 Å². The first-order valence-electron chi connectivity index (χ1n) is 3.74. The lowest BCUT2D eigenvalue weighted by Gasteiger charge is -2.08. The van der Waals surface area contributed by atoms with Crippen molar-refractivity contribution < 1.29 is 14.3 Å². The molecule has 72 valence electrons. The third-order valence-electron chi connectivity index (χ3n) is 1.38. The molecule has 0 spiro atoms. The Bertz CT molecular complexity index is 383. The first-order chi connectivity index (χ1) is 6.86. The third kappa shape index (κ3) is 1.91. The number of hydrogen-bond donors (Lipinski definition) is 1. The van der Waals surface area contributed by atoms with Crippen LogP contribution in [0.5, 0.6) is 0 Å². The minimum atomic E-state index is -0.385. The Morgan fingerprint density at radius 3 is 3.07 bits per heavy atom. The van der Waals surface area contributed by atoms with Crippen LogP contribution in [0.4, 0.5) is 5.13 Å². The van der Waals surface area contributed by atoms with Crippen LogP contribution >= 0.6 is 11.3 Å². The van der Waals surface area contributed by atoms with Gasteiger partial charge in [-0.05, 0) is 0 Å². The molecule has 0 fully saturated rings. The number of amides is 1. The molecule has 1 aromatic rings. The molecular weight excluding hydrogens is 204 g/mol. The fourth-order valence-corrected chi connectivity index (χ4v) is 1.34. The van der Waals surface area contributed by atoms with E-state index in [0.29, 0.717) is 5.13 Å². The Hall–Kier alpha value is -1.82. The predicted octanol–water partition coefficient (Wildman–Crippen LogP) is 1.44. The van der Waals surface area contributed by atoms with Gasteiger partial charge in [0, 0.05) is 11.6 Å². The Labute approximate surface area is 83.7 Å². The molecule has 0 bridgehead atoms. The number of thiazole rings is 1. The number of nitrogens with zero attached hydrogens (tertiary/aromatic N) is 1. The summed E-state index contributed by atoms with van der Waals surface area (Å²) in [5.74, 6) is -0.285. The van der Waals surface area contributed by atoms with E-state index in [-0.39, 0.29) is 11.7 Å². The van der Waals surface area contributed by atoms with Crippen molar-refractivity contribution >= 4 is 22.4 Å². The zero-order chi connectivity index (χ0) is 9.80. The molecule has 1 aliphatic heterocycles. The van der Waals surface area contributed by atoms with Crippen LogP contribution in [0, 0.1) is 0 Å². The second-order valence-electron chi connectivity index (χ2n) is 2.30. The lowest BCUT2D eigenvalue weighted by Crippen LogP contribution is -2.16. The van der Waals surface area contributed by atoms with E-state index in [1.165, 1.54) is 30.1 Å². The lowest BCUT2D eigenvalue weighted by molar-refractivity contribution is -0.115. The van der Waals surface area contributed by atoms with E-state index in [2.05, 4.69) is 10.3 Å². The highest BCUT2D eigenvalue weighted by molar-refractivity contribution is 7.13. The topological polar surface area (TPSA) is 60.5 Å². The molecule has 5 nitrogen and oxygen atoms in total. The Morgan fingerprint density at radius 2 is 2.43 bits per heavy atom. The van der Waals surface area contributed by atoms with Crippen molar-refractivity contribution in [2.75, 3.05) is 5.32 Å². The van der Waals surface area contributed by atoms with Gasteiger partial charge in [0.05, 0.1) is 0 Å². The van der Waals surface area contributed by atoms with Gasteiger partial charge in [0.2, 0.25) is 5.76 Å². The van der Waals surface area contributed by atoms with Crippen LogP contribution in [0.25, 0.3) is 0 Å². The second kappa shape index (κ2) is 3.93. The molecule has 6 heteroatoms. The maximum atomic E-state index is 11.4. The molecule has 1 N–H and O–H groups in total. The molecule has 0 saturated heterocycles. The largest absolute Gasteiger partial charge is 0.465 e. The summed E-state index contributed by atoms with van der Waals surface area (Å²) in [6.07, 6.45) is 5.45. The summed E-state index contributed by atoms with van der Waals surface area (Å²) < 4.78 is 9.69. The average Bonchev–Trinajstić information content (AvgIpc) is 2.72. The summed E-state index contributed by atoms with van der Waals surface area (Å²) in [6.45, 7) is 0. The maximum absolute atomic E-state index is 11.4. The smallest absolute Gasteiger partial charge is 0.296 e. The molecule has 1 aromatic heterocycles. The molecule has 0 radical (unpaired) electrons. The normalized spacial score (nSPS) is 13.9. The molecule has 0 aromatic carbocycles. The minimum absolute atomic E-state index is 0.0997. The van der Waals surface area contributed by atoms with Gasteiger partial charge < -0.3 is 9.47 Å². The van der Waals surface area contributed by atoms with Gasteiger partial charge in [-0.1, -0.05) is 0 Å². The first kappa shape index (κ1) is 8.76. The van der Waals surface area contributed by atoms with Gasteiger partial charge in [-0.25, -0.2) is 4.98 Å². The van der Waals surface area contributed by atoms with Gasteiger partial charge >= 0.3 is 0 Å².